The van der Waals surface area contributed by atoms with Crippen LogP contribution in [0.4, 0.5) is 0 Å². The number of aromatic nitrogens is 4. The Morgan fingerprint density at radius 2 is 1.89 bits per heavy atom. The molecule has 1 rings (SSSR count). The molecule has 0 saturated heterocycles. The van der Waals surface area contributed by atoms with Gasteiger partial charge in [-0.15, -0.1) is 10.2 Å². The molecular weight excluding hydrogens is 226 g/mol. The third-order valence-corrected chi connectivity index (χ3v) is 3.03. The van der Waals surface area contributed by atoms with Crippen molar-refractivity contribution in [3.8, 4) is 0 Å². The van der Waals surface area contributed by atoms with Gasteiger partial charge in [0.25, 0.3) is 0 Å². The van der Waals surface area contributed by atoms with Crippen molar-refractivity contribution in [3.05, 3.63) is 5.82 Å². The van der Waals surface area contributed by atoms with E-state index < -0.39 is 0 Å². The van der Waals surface area contributed by atoms with E-state index in [4.69, 9.17) is 0 Å². The molecule has 0 aromatic carbocycles. The summed E-state index contributed by atoms with van der Waals surface area (Å²) in [6.07, 6.45) is 3.20. The number of nitrogens with zero attached hydrogens (tertiary/aromatic N) is 4. The fraction of sp³-hybridized carbons (Fsp3) is 0.923. The quantitative estimate of drug-likeness (QED) is 0.842. The summed E-state index contributed by atoms with van der Waals surface area (Å²) in [5, 5.41) is 15.9. The molecule has 18 heavy (non-hydrogen) atoms. The van der Waals surface area contributed by atoms with Crippen LogP contribution in [0.5, 0.6) is 0 Å². The van der Waals surface area contributed by atoms with Gasteiger partial charge >= 0.3 is 0 Å². The van der Waals surface area contributed by atoms with Crippen LogP contribution in [-0.4, -0.2) is 32.3 Å². The van der Waals surface area contributed by atoms with Crippen LogP contribution in [-0.2, 0) is 13.5 Å². The number of rotatable bonds is 6. The summed E-state index contributed by atoms with van der Waals surface area (Å²) in [6.45, 7) is 12.1. The van der Waals surface area contributed by atoms with Gasteiger partial charge in [0.15, 0.2) is 5.82 Å². The molecule has 0 saturated carbocycles. The molecule has 0 spiro atoms. The van der Waals surface area contributed by atoms with E-state index in [-0.39, 0.29) is 11.0 Å². The van der Waals surface area contributed by atoms with Gasteiger partial charge < -0.3 is 5.32 Å². The van der Waals surface area contributed by atoms with E-state index in [9.17, 15) is 0 Å². The van der Waals surface area contributed by atoms with Crippen molar-refractivity contribution in [2.45, 2.75) is 59.4 Å². The van der Waals surface area contributed by atoms with Gasteiger partial charge in [-0.2, -0.15) is 4.80 Å². The smallest absolute Gasteiger partial charge is 0.175 e. The number of hydrogen-bond donors (Lipinski definition) is 1. The summed E-state index contributed by atoms with van der Waals surface area (Å²) >= 11 is 0. The molecule has 1 aromatic heterocycles. The lowest BCUT2D eigenvalue weighted by Gasteiger charge is -2.32. The molecule has 5 nitrogen and oxygen atoms in total. The van der Waals surface area contributed by atoms with E-state index in [0.29, 0.717) is 0 Å². The van der Waals surface area contributed by atoms with E-state index in [2.05, 4.69) is 55.3 Å². The molecule has 1 aromatic rings. The van der Waals surface area contributed by atoms with Gasteiger partial charge in [0.1, 0.15) is 0 Å². The highest BCUT2D eigenvalue weighted by Crippen LogP contribution is 2.26. The molecule has 0 aliphatic rings. The molecule has 1 heterocycles. The lowest BCUT2D eigenvalue weighted by molar-refractivity contribution is 0.239. The lowest BCUT2D eigenvalue weighted by atomic mass is 9.81. The predicted molar refractivity (Wildman–Crippen MR) is 73.3 cm³/mol. The number of tetrazole rings is 1. The Bertz CT molecular complexity index is 366. The molecular formula is C13H27N5. The monoisotopic (exact) mass is 253 g/mol. The predicted octanol–water partition coefficient (Wildman–Crippen LogP) is 1.95. The Kier molecular flexibility index (Phi) is 4.85. The van der Waals surface area contributed by atoms with Gasteiger partial charge in [0.2, 0.25) is 0 Å². The Labute approximate surface area is 110 Å². The normalized spacial score (nSPS) is 15.7. The first-order valence-electron chi connectivity index (χ1n) is 6.72. The van der Waals surface area contributed by atoms with Gasteiger partial charge in [-0.05, 0) is 37.8 Å². The highest BCUT2D eigenvalue weighted by atomic mass is 15.6. The number of nitrogens with one attached hydrogen (secondary N) is 1. The number of hydrogen-bond acceptors (Lipinski definition) is 4. The van der Waals surface area contributed by atoms with Crippen LogP contribution in [0.1, 0.15) is 53.3 Å². The maximum atomic E-state index is 4.29. The van der Waals surface area contributed by atoms with Gasteiger partial charge in [-0.1, -0.05) is 20.3 Å². The Balaban J connectivity index is 2.67. The Hall–Kier alpha value is -0.970. The van der Waals surface area contributed by atoms with Crippen molar-refractivity contribution in [2.75, 3.05) is 6.54 Å². The van der Waals surface area contributed by atoms with Crippen LogP contribution in [0.15, 0.2) is 0 Å². The van der Waals surface area contributed by atoms with Crippen LogP contribution in [0.25, 0.3) is 0 Å². The zero-order valence-corrected chi connectivity index (χ0v) is 12.6. The third-order valence-electron chi connectivity index (χ3n) is 3.03. The van der Waals surface area contributed by atoms with Crippen molar-refractivity contribution < 1.29 is 0 Å². The second-order valence-corrected chi connectivity index (χ2v) is 6.54. The molecule has 0 amide bonds. The van der Waals surface area contributed by atoms with Crippen molar-refractivity contribution in [1.82, 2.24) is 25.5 Å². The topological polar surface area (TPSA) is 55.6 Å². The molecule has 0 radical (unpaired) electrons. The zero-order valence-electron chi connectivity index (χ0n) is 12.6. The summed E-state index contributed by atoms with van der Waals surface area (Å²) in [6, 6.07) is 0. The minimum absolute atomic E-state index is 0.144. The van der Waals surface area contributed by atoms with E-state index >= 15 is 0 Å². The minimum atomic E-state index is 0.144. The SMILES string of the molecule is CCCC(C)(CNC(C)(C)C)Cc1nnn(C)n1. The van der Waals surface area contributed by atoms with Gasteiger partial charge in [-0.3, -0.25) is 0 Å². The Morgan fingerprint density at radius 3 is 2.33 bits per heavy atom. The molecule has 104 valence electrons. The lowest BCUT2D eigenvalue weighted by Crippen LogP contribution is -2.43. The fourth-order valence-corrected chi connectivity index (χ4v) is 2.10. The summed E-state index contributed by atoms with van der Waals surface area (Å²) < 4.78 is 0. The van der Waals surface area contributed by atoms with Gasteiger partial charge in [0, 0.05) is 18.5 Å². The van der Waals surface area contributed by atoms with Crippen LogP contribution in [0.2, 0.25) is 0 Å². The average molecular weight is 253 g/mol. The van der Waals surface area contributed by atoms with E-state index in [1.165, 1.54) is 11.2 Å². The first-order valence-corrected chi connectivity index (χ1v) is 6.72. The van der Waals surface area contributed by atoms with Gasteiger partial charge in [0.05, 0.1) is 7.05 Å². The second kappa shape index (κ2) is 5.78. The summed E-state index contributed by atoms with van der Waals surface area (Å²) in [4.78, 5) is 1.53. The van der Waals surface area contributed by atoms with E-state index in [0.717, 1.165) is 25.2 Å². The first kappa shape index (κ1) is 15.1. The van der Waals surface area contributed by atoms with Crippen LogP contribution in [0.3, 0.4) is 0 Å². The Morgan fingerprint density at radius 1 is 1.22 bits per heavy atom. The van der Waals surface area contributed by atoms with Crippen molar-refractivity contribution in [2.24, 2.45) is 12.5 Å². The van der Waals surface area contributed by atoms with Crippen LogP contribution in [0, 0.1) is 5.41 Å². The average Bonchev–Trinajstić information content (AvgIpc) is 2.60. The minimum Gasteiger partial charge on any atom is -0.312 e. The molecule has 0 aliphatic carbocycles. The van der Waals surface area contributed by atoms with Crippen LogP contribution < -0.4 is 5.32 Å². The van der Waals surface area contributed by atoms with E-state index in [1.54, 1.807) is 7.05 Å². The molecule has 5 heteroatoms. The maximum absolute atomic E-state index is 4.29. The number of aryl methyl sites for hydroxylation is 1. The molecule has 1 atom stereocenters. The summed E-state index contributed by atoms with van der Waals surface area (Å²) in [7, 11) is 1.81. The highest BCUT2D eigenvalue weighted by molar-refractivity contribution is 4.90. The first-order chi connectivity index (χ1) is 8.24. The standard InChI is InChI=1S/C13H27N5/c1-7-8-13(5,10-14-12(2,3)4)9-11-15-17-18(6)16-11/h14H,7-10H2,1-6H3. The molecule has 1 unspecified atom stereocenters. The summed E-state index contributed by atoms with van der Waals surface area (Å²) in [5.41, 5.74) is 0.329. The fourth-order valence-electron chi connectivity index (χ4n) is 2.10. The maximum Gasteiger partial charge on any atom is 0.175 e. The molecule has 1 N–H and O–H groups in total. The molecule has 0 bridgehead atoms. The summed E-state index contributed by atoms with van der Waals surface area (Å²) in [5.74, 6) is 0.837. The highest BCUT2D eigenvalue weighted by Gasteiger charge is 2.27. The van der Waals surface area contributed by atoms with Gasteiger partial charge in [-0.25, -0.2) is 0 Å². The molecule has 0 fully saturated rings. The van der Waals surface area contributed by atoms with Crippen molar-refractivity contribution >= 4 is 0 Å². The largest absolute Gasteiger partial charge is 0.312 e. The van der Waals surface area contributed by atoms with Crippen molar-refractivity contribution in [1.29, 1.82) is 0 Å². The van der Waals surface area contributed by atoms with Crippen molar-refractivity contribution in [3.63, 3.8) is 0 Å². The zero-order chi connectivity index (χ0) is 13.8. The van der Waals surface area contributed by atoms with Crippen LogP contribution >= 0.6 is 0 Å². The van der Waals surface area contributed by atoms with E-state index in [1.807, 2.05) is 0 Å². The molecule has 0 aliphatic heterocycles. The second-order valence-electron chi connectivity index (χ2n) is 6.54. The third kappa shape index (κ3) is 5.12.